The first-order chi connectivity index (χ1) is 7.99. The zero-order valence-corrected chi connectivity index (χ0v) is 15.0. The van der Waals surface area contributed by atoms with Gasteiger partial charge in [0.05, 0.1) is 8.61 Å². The molecule has 1 aromatic carbocycles. The highest BCUT2D eigenvalue weighted by atomic mass is 79.9. The van der Waals surface area contributed by atoms with E-state index in [0.29, 0.717) is 0 Å². The van der Waals surface area contributed by atoms with Gasteiger partial charge in [-0.3, -0.25) is 0 Å². The van der Waals surface area contributed by atoms with E-state index in [0.717, 1.165) is 4.47 Å². The fourth-order valence-corrected chi connectivity index (χ4v) is 5.27. The molecule has 1 aromatic heterocycles. The lowest BCUT2D eigenvalue weighted by molar-refractivity contribution is 1.15. The lowest BCUT2D eigenvalue weighted by atomic mass is 10.0. The molecule has 0 spiro atoms. The zero-order chi connectivity index (χ0) is 12.6. The topological polar surface area (TPSA) is 0 Å². The summed E-state index contributed by atoms with van der Waals surface area (Å²) in [6, 6.07) is 8.63. The lowest BCUT2D eigenvalue weighted by Crippen LogP contribution is -1.94. The van der Waals surface area contributed by atoms with Gasteiger partial charge in [-0.05, 0) is 53.0 Å². The van der Waals surface area contributed by atoms with Gasteiger partial charge in [0.25, 0.3) is 0 Å². The Balaban J connectivity index is 2.46. The Hall–Kier alpha value is 0.360. The maximum Gasteiger partial charge on any atom is 0.0704 e. The van der Waals surface area contributed by atoms with E-state index in [1.54, 1.807) is 11.3 Å². The van der Waals surface area contributed by atoms with Crippen molar-refractivity contribution in [1.82, 2.24) is 0 Å². The number of hydrogen-bond acceptors (Lipinski definition) is 1. The summed E-state index contributed by atoms with van der Waals surface area (Å²) in [4.78, 5) is 1.58. The van der Waals surface area contributed by atoms with Crippen molar-refractivity contribution in [2.24, 2.45) is 0 Å². The summed E-state index contributed by atoms with van der Waals surface area (Å²) in [5, 5.41) is 0. The van der Waals surface area contributed by atoms with Crippen LogP contribution in [0.2, 0.25) is 0 Å². The molecule has 0 bridgehead atoms. The summed E-state index contributed by atoms with van der Waals surface area (Å²) in [6.45, 7) is 4.27. The predicted molar refractivity (Wildman–Crippen MR) is 86.4 cm³/mol. The molecule has 2 aromatic rings. The van der Waals surface area contributed by atoms with E-state index in [1.165, 1.54) is 25.4 Å². The highest BCUT2D eigenvalue weighted by Gasteiger charge is 2.17. The van der Waals surface area contributed by atoms with Gasteiger partial charge < -0.3 is 0 Å². The minimum atomic E-state index is 0.235. The number of benzene rings is 1. The summed E-state index contributed by atoms with van der Waals surface area (Å²) >= 11 is 12.7. The summed E-state index contributed by atoms with van der Waals surface area (Å²) in [5.41, 5.74) is 3.88. The third-order valence-corrected chi connectivity index (χ3v) is 5.90. The molecule has 0 N–H and O–H groups in total. The predicted octanol–water partition coefficient (Wildman–Crippen LogP) is 6.37. The van der Waals surface area contributed by atoms with Gasteiger partial charge in [0.2, 0.25) is 0 Å². The van der Waals surface area contributed by atoms with E-state index in [9.17, 15) is 0 Å². The molecule has 0 nitrogen and oxygen atoms in total. The SMILES string of the molecule is Cc1ccc(Br)c(C(Br)c2cc(Br)sc2C)c1. The molecule has 1 atom stereocenters. The van der Waals surface area contributed by atoms with Gasteiger partial charge in [-0.2, -0.15) is 0 Å². The molecule has 0 aliphatic carbocycles. The van der Waals surface area contributed by atoms with Crippen LogP contribution in [0.4, 0.5) is 0 Å². The normalized spacial score (nSPS) is 12.8. The number of hydrogen-bond donors (Lipinski definition) is 0. The molecule has 0 radical (unpaired) electrons. The van der Waals surface area contributed by atoms with Crippen molar-refractivity contribution in [3.8, 4) is 0 Å². The second-order valence-corrected chi connectivity index (χ2v) is 8.36. The highest BCUT2D eigenvalue weighted by molar-refractivity contribution is 9.11. The van der Waals surface area contributed by atoms with Gasteiger partial charge in [-0.15, -0.1) is 11.3 Å². The molecule has 1 unspecified atom stereocenters. The number of halogens is 3. The van der Waals surface area contributed by atoms with Gasteiger partial charge >= 0.3 is 0 Å². The van der Waals surface area contributed by atoms with Crippen LogP contribution in [0.3, 0.4) is 0 Å². The largest absolute Gasteiger partial charge is 0.133 e. The first kappa shape index (κ1) is 13.8. The number of aryl methyl sites for hydroxylation is 2. The molecule has 0 saturated heterocycles. The van der Waals surface area contributed by atoms with Gasteiger partial charge in [0, 0.05) is 9.35 Å². The Morgan fingerprint density at radius 2 is 1.76 bits per heavy atom. The molecular weight excluding hydrogens is 428 g/mol. The van der Waals surface area contributed by atoms with E-state index in [1.807, 2.05) is 0 Å². The Labute approximate surface area is 131 Å². The quantitative estimate of drug-likeness (QED) is 0.477. The molecule has 0 amide bonds. The average Bonchev–Trinajstić information content (AvgIpc) is 2.60. The van der Waals surface area contributed by atoms with Crippen LogP contribution in [0.1, 0.15) is 26.4 Å². The van der Waals surface area contributed by atoms with Crippen molar-refractivity contribution in [3.05, 3.63) is 54.1 Å². The van der Waals surface area contributed by atoms with Crippen LogP contribution < -0.4 is 0 Å². The Bertz CT molecular complexity index is 546. The van der Waals surface area contributed by atoms with Crippen LogP contribution in [0.25, 0.3) is 0 Å². The third-order valence-electron chi connectivity index (χ3n) is 2.62. The maximum absolute atomic E-state index is 3.80. The molecule has 0 saturated carbocycles. The lowest BCUT2D eigenvalue weighted by Gasteiger charge is -2.13. The summed E-state index contributed by atoms with van der Waals surface area (Å²) in [5.74, 6) is 0. The Kier molecular flexibility index (Phi) is 4.50. The molecule has 4 heteroatoms. The second-order valence-electron chi connectivity index (χ2n) is 3.95. The van der Waals surface area contributed by atoms with E-state index >= 15 is 0 Å². The van der Waals surface area contributed by atoms with E-state index in [4.69, 9.17) is 0 Å². The van der Waals surface area contributed by atoms with Crippen LogP contribution in [-0.4, -0.2) is 0 Å². The molecule has 90 valence electrons. The van der Waals surface area contributed by atoms with Gasteiger partial charge in [0.15, 0.2) is 0 Å². The fourth-order valence-electron chi connectivity index (χ4n) is 1.74. The molecule has 0 aliphatic heterocycles. The van der Waals surface area contributed by atoms with Crippen molar-refractivity contribution >= 4 is 59.1 Å². The average molecular weight is 439 g/mol. The van der Waals surface area contributed by atoms with Crippen LogP contribution in [0, 0.1) is 13.8 Å². The van der Waals surface area contributed by atoms with Crippen molar-refractivity contribution in [2.45, 2.75) is 18.7 Å². The molecular formula is C13H11Br3S. The van der Waals surface area contributed by atoms with Crippen molar-refractivity contribution in [3.63, 3.8) is 0 Å². The highest BCUT2D eigenvalue weighted by Crippen LogP contribution is 2.41. The standard InChI is InChI=1S/C13H11Br3S/c1-7-3-4-11(14)10(5-7)13(16)9-6-12(15)17-8(9)2/h3-6,13H,1-2H3. The van der Waals surface area contributed by atoms with E-state index in [-0.39, 0.29) is 4.83 Å². The van der Waals surface area contributed by atoms with Gasteiger partial charge in [0.1, 0.15) is 0 Å². The number of thiophene rings is 1. The minimum absolute atomic E-state index is 0.235. The van der Waals surface area contributed by atoms with Crippen LogP contribution >= 0.6 is 59.1 Å². The number of alkyl halides is 1. The Morgan fingerprint density at radius 3 is 2.35 bits per heavy atom. The molecule has 1 heterocycles. The van der Waals surface area contributed by atoms with Crippen LogP contribution in [-0.2, 0) is 0 Å². The molecule has 0 fully saturated rings. The summed E-state index contributed by atoms with van der Waals surface area (Å²) in [6.07, 6.45) is 0. The maximum atomic E-state index is 3.80. The molecule has 2 rings (SSSR count). The van der Waals surface area contributed by atoms with Gasteiger partial charge in [-0.1, -0.05) is 49.6 Å². The minimum Gasteiger partial charge on any atom is -0.133 e. The third kappa shape index (κ3) is 3.03. The summed E-state index contributed by atoms with van der Waals surface area (Å²) < 4.78 is 2.32. The fraction of sp³-hybridized carbons (Fsp3) is 0.231. The van der Waals surface area contributed by atoms with Crippen molar-refractivity contribution in [2.75, 3.05) is 0 Å². The number of rotatable bonds is 2. The van der Waals surface area contributed by atoms with Gasteiger partial charge in [-0.25, -0.2) is 0 Å². The second kappa shape index (κ2) is 5.55. The first-order valence-electron chi connectivity index (χ1n) is 5.15. The zero-order valence-electron chi connectivity index (χ0n) is 9.43. The van der Waals surface area contributed by atoms with E-state index < -0.39 is 0 Å². The summed E-state index contributed by atoms with van der Waals surface area (Å²) in [7, 11) is 0. The van der Waals surface area contributed by atoms with Crippen LogP contribution in [0.15, 0.2) is 32.5 Å². The first-order valence-corrected chi connectivity index (χ1v) is 8.47. The van der Waals surface area contributed by atoms with Crippen molar-refractivity contribution in [1.29, 1.82) is 0 Å². The Morgan fingerprint density at radius 1 is 1.06 bits per heavy atom. The van der Waals surface area contributed by atoms with E-state index in [2.05, 4.69) is 85.9 Å². The van der Waals surface area contributed by atoms with Crippen LogP contribution in [0.5, 0.6) is 0 Å². The monoisotopic (exact) mass is 436 g/mol. The molecule has 0 aliphatic rings. The smallest absolute Gasteiger partial charge is 0.0704 e. The van der Waals surface area contributed by atoms with Crippen molar-refractivity contribution < 1.29 is 0 Å². The molecule has 17 heavy (non-hydrogen) atoms.